The van der Waals surface area contributed by atoms with Crippen molar-refractivity contribution in [1.29, 1.82) is 0 Å². The van der Waals surface area contributed by atoms with Crippen LogP contribution >= 0.6 is 0 Å². The Hall–Kier alpha value is -0.0800. The van der Waals surface area contributed by atoms with E-state index in [1.165, 1.54) is 25.7 Å². The predicted molar refractivity (Wildman–Crippen MR) is 85.2 cm³/mol. The van der Waals surface area contributed by atoms with Gasteiger partial charge in [0.15, 0.2) is 0 Å². The zero-order valence-corrected chi connectivity index (χ0v) is 14.2. The van der Waals surface area contributed by atoms with Crippen LogP contribution in [0.1, 0.15) is 67.2 Å². The minimum Gasteiger partial charge on any atom is -0.326 e. The van der Waals surface area contributed by atoms with E-state index in [4.69, 9.17) is 5.73 Å². The molecule has 0 bridgehead atoms. The van der Waals surface area contributed by atoms with Gasteiger partial charge in [0, 0.05) is 18.1 Å². The van der Waals surface area contributed by atoms with Crippen molar-refractivity contribution in [3.63, 3.8) is 0 Å². The lowest BCUT2D eigenvalue weighted by atomic mass is 9.67. The molecule has 0 spiro atoms. The molecule has 114 valence electrons. The molecule has 1 saturated carbocycles. The fourth-order valence-electron chi connectivity index (χ4n) is 3.41. The van der Waals surface area contributed by atoms with Gasteiger partial charge in [-0.05, 0) is 50.5 Å². The van der Waals surface area contributed by atoms with Crippen LogP contribution in [0.5, 0.6) is 0 Å². The van der Waals surface area contributed by atoms with Gasteiger partial charge < -0.3 is 5.73 Å². The lowest BCUT2D eigenvalue weighted by Crippen LogP contribution is -2.54. The van der Waals surface area contributed by atoms with E-state index in [1.54, 1.807) is 0 Å². The fraction of sp³-hybridized carbons (Fsp3) is 1.00. The Kier molecular flexibility index (Phi) is 5.88. The van der Waals surface area contributed by atoms with Gasteiger partial charge in [-0.25, -0.2) is 0 Å². The molecule has 0 saturated heterocycles. The second-order valence-corrected chi connectivity index (χ2v) is 7.73. The zero-order chi connectivity index (χ0) is 14.8. The topological polar surface area (TPSA) is 29.3 Å². The highest BCUT2D eigenvalue weighted by atomic mass is 15.2. The summed E-state index contributed by atoms with van der Waals surface area (Å²) in [6, 6.07) is 1.52. The first-order valence-corrected chi connectivity index (χ1v) is 8.18. The smallest absolute Gasteiger partial charge is 0.0249 e. The summed E-state index contributed by atoms with van der Waals surface area (Å²) in [7, 11) is 2.27. The van der Waals surface area contributed by atoms with Crippen LogP contribution in [0, 0.1) is 17.3 Å². The second kappa shape index (κ2) is 6.58. The number of nitrogens with two attached hydrogens (primary N) is 1. The highest BCUT2D eigenvalue weighted by Crippen LogP contribution is 2.41. The largest absolute Gasteiger partial charge is 0.326 e. The summed E-state index contributed by atoms with van der Waals surface area (Å²) in [6.45, 7) is 14.1. The van der Waals surface area contributed by atoms with Gasteiger partial charge in [-0.2, -0.15) is 0 Å². The third kappa shape index (κ3) is 3.95. The highest BCUT2D eigenvalue weighted by Gasteiger charge is 2.38. The maximum Gasteiger partial charge on any atom is 0.0249 e. The molecule has 4 atom stereocenters. The molecule has 2 heteroatoms. The Morgan fingerprint density at radius 2 is 1.79 bits per heavy atom. The summed E-state index contributed by atoms with van der Waals surface area (Å²) in [5, 5.41) is 0. The molecule has 1 rings (SSSR count). The van der Waals surface area contributed by atoms with E-state index in [0.29, 0.717) is 29.5 Å². The number of likely N-dealkylation sites (N-methyl/N-ethyl adjacent to an activating group) is 1. The number of nitrogens with zero attached hydrogens (tertiary/aromatic N) is 1. The molecule has 0 heterocycles. The molecule has 4 unspecified atom stereocenters. The summed E-state index contributed by atoms with van der Waals surface area (Å²) < 4.78 is 0. The summed E-state index contributed by atoms with van der Waals surface area (Å²) in [4.78, 5) is 2.55. The second-order valence-electron chi connectivity index (χ2n) is 7.73. The standard InChI is InChI=1S/C17H36N2/c1-8-17(5,6)14-9-10-15(18)16(11-14)19(7)13(4)12(2)3/h12-16H,8-11,18H2,1-7H3. The van der Waals surface area contributed by atoms with Gasteiger partial charge in [0.1, 0.15) is 0 Å². The molecule has 0 amide bonds. The average molecular weight is 268 g/mol. The van der Waals surface area contributed by atoms with E-state index in [2.05, 4.69) is 53.5 Å². The van der Waals surface area contributed by atoms with Gasteiger partial charge in [0.25, 0.3) is 0 Å². The van der Waals surface area contributed by atoms with Gasteiger partial charge in [-0.1, -0.05) is 41.0 Å². The molecule has 1 aliphatic rings. The van der Waals surface area contributed by atoms with E-state index in [9.17, 15) is 0 Å². The molecule has 1 aliphatic carbocycles. The third-order valence-electron chi connectivity index (χ3n) is 6.02. The van der Waals surface area contributed by atoms with Crippen LogP contribution in [0.4, 0.5) is 0 Å². The van der Waals surface area contributed by atoms with Crippen molar-refractivity contribution < 1.29 is 0 Å². The third-order valence-corrected chi connectivity index (χ3v) is 6.02. The van der Waals surface area contributed by atoms with Gasteiger partial charge in [0.05, 0.1) is 0 Å². The van der Waals surface area contributed by atoms with Crippen molar-refractivity contribution in [2.24, 2.45) is 23.0 Å². The Labute approximate surface area is 121 Å². The van der Waals surface area contributed by atoms with Gasteiger partial charge in [0.2, 0.25) is 0 Å². The first kappa shape index (κ1) is 17.0. The maximum absolute atomic E-state index is 6.42. The average Bonchev–Trinajstić information content (AvgIpc) is 2.37. The fourth-order valence-corrected chi connectivity index (χ4v) is 3.41. The van der Waals surface area contributed by atoms with Gasteiger partial charge in [-0.15, -0.1) is 0 Å². The lowest BCUT2D eigenvalue weighted by Gasteiger charge is -2.47. The SMILES string of the molecule is CCC(C)(C)C1CCC(N)C(N(C)C(C)C(C)C)C1. The summed E-state index contributed by atoms with van der Waals surface area (Å²) in [5.41, 5.74) is 6.88. The van der Waals surface area contributed by atoms with Crippen LogP contribution in [0.15, 0.2) is 0 Å². The van der Waals surface area contributed by atoms with Crippen molar-refractivity contribution in [3.8, 4) is 0 Å². The molecule has 2 N–H and O–H groups in total. The summed E-state index contributed by atoms with van der Waals surface area (Å²) in [6.07, 6.45) is 5.04. The molecule has 0 radical (unpaired) electrons. The van der Waals surface area contributed by atoms with E-state index in [1.807, 2.05) is 0 Å². The van der Waals surface area contributed by atoms with Crippen molar-refractivity contribution >= 4 is 0 Å². The minimum atomic E-state index is 0.357. The quantitative estimate of drug-likeness (QED) is 0.819. The Bertz CT molecular complexity index is 272. The molecule has 0 aromatic carbocycles. The minimum absolute atomic E-state index is 0.357. The number of hydrogen-bond acceptors (Lipinski definition) is 2. The maximum atomic E-state index is 6.42. The monoisotopic (exact) mass is 268 g/mol. The van der Waals surface area contributed by atoms with Crippen molar-refractivity contribution in [2.45, 2.75) is 85.4 Å². The van der Waals surface area contributed by atoms with E-state index >= 15 is 0 Å². The van der Waals surface area contributed by atoms with Crippen LogP contribution in [0.2, 0.25) is 0 Å². The number of hydrogen-bond donors (Lipinski definition) is 1. The first-order chi connectivity index (χ1) is 8.70. The molecule has 19 heavy (non-hydrogen) atoms. The summed E-state index contributed by atoms with van der Waals surface area (Å²) >= 11 is 0. The highest BCUT2D eigenvalue weighted by molar-refractivity contribution is 4.94. The lowest BCUT2D eigenvalue weighted by molar-refractivity contribution is 0.0452. The van der Waals surface area contributed by atoms with Crippen LogP contribution in [0.25, 0.3) is 0 Å². The Balaban J connectivity index is 2.76. The predicted octanol–water partition coefficient (Wildman–Crippen LogP) is 3.89. The molecule has 0 aliphatic heterocycles. The van der Waals surface area contributed by atoms with Crippen LogP contribution in [0.3, 0.4) is 0 Å². The van der Waals surface area contributed by atoms with Gasteiger partial charge >= 0.3 is 0 Å². The molecule has 0 aromatic rings. The Morgan fingerprint density at radius 3 is 2.26 bits per heavy atom. The van der Waals surface area contributed by atoms with Gasteiger partial charge in [-0.3, -0.25) is 4.90 Å². The van der Waals surface area contributed by atoms with E-state index in [-0.39, 0.29) is 0 Å². The molecule has 1 fully saturated rings. The van der Waals surface area contributed by atoms with Crippen molar-refractivity contribution in [1.82, 2.24) is 4.90 Å². The van der Waals surface area contributed by atoms with E-state index in [0.717, 1.165) is 5.92 Å². The summed E-state index contributed by atoms with van der Waals surface area (Å²) in [5.74, 6) is 1.51. The van der Waals surface area contributed by atoms with Crippen molar-refractivity contribution in [3.05, 3.63) is 0 Å². The Morgan fingerprint density at radius 1 is 1.21 bits per heavy atom. The number of rotatable bonds is 5. The van der Waals surface area contributed by atoms with Crippen LogP contribution in [-0.2, 0) is 0 Å². The molecular formula is C17H36N2. The molecule has 0 aromatic heterocycles. The van der Waals surface area contributed by atoms with E-state index < -0.39 is 0 Å². The molecular weight excluding hydrogens is 232 g/mol. The first-order valence-electron chi connectivity index (χ1n) is 8.18. The van der Waals surface area contributed by atoms with Crippen LogP contribution < -0.4 is 5.73 Å². The van der Waals surface area contributed by atoms with Crippen molar-refractivity contribution in [2.75, 3.05) is 7.05 Å². The molecule has 2 nitrogen and oxygen atoms in total. The normalized spacial score (nSPS) is 30.9. The van der Waals surface area contributed by atoms with Crippen LogP contribution in [-0.4, -0.2) is 30.1 Å². The zero-order valence-electron chi connectivity index (χ0n) is 14.2.